The lowest BCUT2D eigenvalue weighted by molar-refractivity contribution is 0.137. The fourth-order valence-electron chi connectivity index (χ4n) is 3.63. The summed E-state index contributed by atoms with van der Waals surface area (Å²) in [5.74, 6) is 2.35. The minimum absolute atomic E-state index is 0.560. The van der Waals surface area contributed by atoms with Crippen molar-refractivity contribution in [3.63, 3.8) is 0 Å². The Labute approximate surface area is 124 Å². The first-order valence-corrected chi connectivity index (χ1v) is 9.51. The van der Waals surface area contributed by atoms with Crippen LogP contribution in [0.3, 0.4) is 0 Å². The van der Waals surface area contributed by atoms with Crippen molar-refractivity contribution in [2.75, 3.05) is 12.3 Å². The van der Waals surface area contributed by atoms with E-state index in [0.717, 1.165) is 17.2 Å². The molecular weight excluding hydrogens is 250 g/mol. The van der Waals surface area contributed by atoms with Crippen LogP contribution in [0.1, 0.15) is 72.1 Å². The molecule has 1 atom stereocenters. The van der Waals surface area contributed by atoms with Gasteiger partial charge in [-0.15, -0.1) is 0 Å². The smallest absolute Gasteiger partial charge is 0.0172 e. The molecule has 1 heterocycles. The molecule has 19 heavy (non-hydrogen) atoms. The molecule has 1 aliphatic heterocycles. The SMILES string of the molecule is CCC(C)(C)C1CCC(NCC2CCCCS2)CC1. The molecule has 112 valence electrons. The molecule has 2 aliphatic rings. The molecule has 2 rings (SSSR count). The van der Waals surface area contributed by atoms with Crippen molar-refractivity contribution in [1.82, 2.24) is 5.32 Å². The van der Waals surface area contributed by atoms with Gasteiger partial charge in [-0.2, -0.15) is 11.8 Å². The van der Waals surface area contributed by atoms with Gasteiger partial charge in [-0.05, 0) is 55.6 Å². The number of rotatable bonds is 5. The zero-order valence-electron chi connectivity index (χ0n) is 13.2. The van der Waals surface area contributed by atoms with Gasteiger partial charge in [0.25, 0.3) is 0 Å². The molecule has 0 spiro atoms. The van der Waals surface area contributed by atoms with E-state index in [1.807, 2.05) is 0 Å². The minimum atomic E-state index is 0.560. The van der Waals surface area contributed by atoms with E-state index in [1.54, 1.807) is 0 Å². The maximum atomic E-state index is 3.86. The molecule has 1 N–H and O–H groups in total. The van der Waals surface area contributed by atoms with Crippen LogP contribution in [-0.2, 0) is 0 Å². The van der Waals surface area contributed by atoms with Crippen LogP contribution < -0.4 is 5.32 Å². The summed E-state index contributed by atoms with van der Waals surface area (Å²) in [6, 6.07) is 0.812. The molecule has 1 saturated heterocycles. The average molecular weight is 284 g/mol. The van der Waals surface area contributed by atoms with E-state index >= 15 is 0 Å². The summed E-state index contributed by atoms with van der Waals surface area (Å²) in [5.41, 5.74) is 0.560. The maximum Gasteiger partial charge on any atom is 0.0172 e. The van der Waals surface area contributed by atoms with Crippen molar-refractivity contribution in [3.8, 4) is 0 Å². The highest BCUT2D eigenvalue weighted by Gasteiger charge is 2.31. The molecule has 2 heteroatoms. The number of hydrogen-bond donors (Lipinski definition) is 1. The quantitative estimate of drug-likeness (QED) is 0.773. The lowest BCUT2D eigenvalue weighted by atomic mass is 9.69. The van der Waals surface area contributed by atoms with Gasteiger partial charge < -0.3 is 5.32 Å². The van der Waals surface area contributed by atoms with Crippen LogP contribution in [0.15, 0.2) is 0 Å². The fraction of sp³-hybridized carbons (Fsp3) is 1.00. The van der Waals surface area contributed by atoms with Crippen LogP contribution in [0.5, 0.6) is 0 Å². The Hall–Kier alpha value is 0.310. The second-order valence-electron chi connectivity index (χ2n) is 7.29. The van der Waals surface area contributed by atoms with Crippen LogP contribution in [0.2, 0.25) is 0 Å². The van der Waals surface area contributed by atoms with Gasteiger partial charge in [-0.1, -0.05) is 33.6 Å². The van der Waals surface area contributed by atoms with Gasteiger partial charge in [-0.3, -0.25) is 0 Å². The zero-order valence-corrected chi connectivity index (χ0v) is 14.0. The van der Waals surface area contributed by atoms with Gasteiger partial charge in [-0.25, -0.2) is 0 Å². The largest absolute Gasteiger partial charge is 0.313 e. The van der Waals surface area contributed by atoms with Crippen molar-refractivity contribution in [2.45, 2.75) is 83.4 Å². The van der Waals surface area contributed by atoms with Gasteiger partial charge in [0.15, 0.2) is 0 Å². The zero-order chi connectivity index (χ0) is 13.7. The second-order valence-corrected chi connectivity index (χ2v) is 8.70. The normalized spacial score (nSPS) is 33.3. The molecule has 2 fully saturated rings. The molecule has 1 unspecified atom stereocenters. The summed E-state index contributed by atoms with van der Waals surface area (Å²) < 4.78 is 0. The van der Waals surface area contributed by atoms with Crippen LogP contribution in [0.4, 0.5) is 0 Å². The van der Waals surface area contributed by atoms with Gasteiger partial charge in [0.05, 0.1) is 0 Å². The summed E-state index contributed by atoms with van der Waals surface area (Å²) in [6.07, 6.45) is 11.4. The van der Waals surface area contributed by atoms with Crippen LogP contribution in [0.25, 0.3) is 0 Å². The molecular formula is C17H33NS. The van der Waals surface area contributed by atoms with E-state index in [4.69, 9.17) is 0 Å². The van der Waals surface area contributed by atoms with Gasteiger partial charge in [0.1, 0.15) is 0 Å². The van der Waals surface area contributed by atoms with E-state index in [1.165, 1.54) is 63.7 Å². The van der Waals surface area contributed by atoms with E-state index in [9.17, 15) is 0 Å². The third-order valence-electron chi connectivity index (χ3n) is 5.65. The summed E-state index contributed by atoms with van der Waals surface area (Å²) in [7, 11) is 0. The molecule has 0 aromatic rings. The van der Waals surface area contributed by atoms with E-state index < -0.39 is 0 Å². The first-order chi connectivity index (χ1) is 9.12. The van der Waals surface area contributed by atoms with E-state index in [0.29, 0.717) is 5.41 Å². The van der Waals surface area contributed by atoms with E-state index in [-0.39, 0.29) is 0 Å². The van der Waals surface area contributed by atoms with Crippen molar-refractivity contribution in [3.05, 3.63) is 0 Å². The highest BCUT2D eigenvalue weighted by molar-refractivity contribution is 7.99. The lowest BCUT2D eigenvalue weighted by Gasteiger charge is -2.39. The third kappa shape index (κ3) is 4.67. The molecule has 0 amide bonds. The summed E-state index contributed by atoms with van der Waals surface area (Å²) in [5, 5.41) is 4.76. The Kier molecular flexibility index (Phi) is 6.08. The molecule has 0 bridgehead atoms. The van der Waals surface area contributed by atoms with Crippen molar-refractivity contribution < 1.29 is 0 Å². The molecule has 1 saturated carbocycles. The predicted molar refractivity (Wildman–Crippen MR) is 87.9 cm³/mol. The third-order valence-corrected chi connectivity index (χ3v) is 7.05. The second kappa shape index (κ2) is 7.36. The molecule has 0 aromatic carbocycles. The highest BCUT2D eigenvalue weighted by atomic mass is 32.2. The molecule has 0 radical (unpaired) electrons. The Bertz CT molecular complexity index is 250. The van der Waals surface area contributed by atoms with Crippen LogP contribution in [-0.4, -0.2) is 23.6 Å². The predicted octanol–water partition coefficient (Wildman–Crippen LogP) is 4.86. The van der Waals surface area contributed by atoms with Gasteiger partial charge in [0, 0.05) is 17.8 Å². The summed E-state index contributed by atoms with van der Waals surface area (Å²) >= 11 is 2.20. The first-order valence-electron chi connectivity index (χ1n) is 8.47. The Morgan fingerprint density at radius 1 is 1.05 bits per heavy atom. The average Bonchev–Trinajstić information content (AvgIpc) is 2.47. The van der Waals surface area contributed by atoms with Gasteiger partial charge >= 0.3 is 0 Å². The minimum Gasteiger partial charge on any atom is -0.313 e. The molecule has 1 aliphatic carbocycles. The van der Waals surface area contributed by atoms with Crippen molar-refractivity contribution >= 4 is 11.8 Å². The van der Waals surface area contributed by atoms with Crippen molar-refractivity contribution in [1.29, 1.82) is 0 Å². The summed E-state index contributed by atoms with van der Waals surface area (Å²) in [6.45, 7) is 8.54. The van der Waals surface area contributed by atoms with Crippen molar-refractivity contribution in [2.24, 2.45) is 11.3 Å². The monoisotopic (exact) mass is 283 g/mol. The number of thioether (sulfide) groups is 1. The molecule has 1 nitrogen and oxygen atoms in total. The highest BCUT2D eigenvalue weighted by Crippen LogP contribution is 2.40. The Morgan fingerprint density at radius 2 is 1.79 bits per heavy atom. The molecule has 0 aromatic heterocycles. The number of hydrogen-bond acceptors (Lipinski definition) is 2. The van der Waals surface area contributed by atoms with Crippen LogP contribution in [0, 0.1) is 11.3 Å². The topological polar surface area (TPSA) is 12.0 Å². The fourth-order valence-corrected chi connectivity index (χ4v) is 4.89. The lowest BCUT2D eigenvalue weighted by Crippen LogP contribution is -2.39. The number of nitrogens with one attached hydrogen (secondary N) is 1. The first kappa shape index (κ1) is 15.7. The Balaban J connectivity index is 1.66. The van der Waals surface area contributed by atoms with E-state index in [2.05, 4.69) is 37.8 Å². The summed E-state index contributed by atoms with van der Waals surface area (Å²) in [4.78, 5) is 0. The maximum absolute atomic E-state index is 3.86. The standard InChI is InChI=1S/C17H33NS/c1-4-17(2,3)14-8-10-15(11-9-14)18-13-16-7-5-6-12-19-16/h14-16,18H,4-13H2,1-3H3. The van der Waals surface area contributed by atoms with Crippen LogP contribution >= 0.6 is 11.8 Å². The Morgan fingerprint density at radius 3 is 2.37 bits per heavy atom. The van der Waals surface area contributed by atoms with Gasteiger partial charge in [0.2, 0.25) is 0 Å².